The maximum absolute atomic E-state index is 12.7. The number of amides is 1. The van der Waals surface area contributed by atoms with Crippen molar-refractivity contribution in [3.8, 4) is 0 Å². The van der Waals surface area contributed by atoms with Crippen LogP contribution < -0.4 is 29.0 Å². The summed E-state index contributed by atoms with van der Waals surface area (Å²) in [4.78, 5) is 33.2. The van der Waals surface area contributed by atoms with Gasteiger partial charge in [0.05, 0.1) is 22.2 Å². The van der Waals surface area contributed by atoms with E-state index in [0.29, 0.717) is 28.0 Å². The van der Waals surface area contributed by atoms with Crippen LogP contribution in [0.15, 0.2) is 59.5 Å². The van der Waals surface area contributed by atoms with E-state index in [-0.39, 0.29) is 23.7 Å². The molecule has 0 saturated carbocycles. The average Bonchev–Trinajstić information content (AvgIpc) is 2.64. The maximum Gasteiger partial charge on any atom is 0.266 e. The average molecular weight is 381 g/mol. The first kappa shape index (κ1) is 18.3. The third-order valence-corrected chi connectivity index (χ3v) is 4.14. The second-order valence-electron chi connectivity index (χ2n) is 5.91. The number of para-hydroxylation sites is 2. The molecule has 0 fully saturated rings. The number of anilines is 2. The second-order valence-corrected chi connectivity index (χ2v) is 5.91. The topological polar surface area (TPSA) is 102 Å². The fourth-order valence-electron chi connectivity index (χ4n) is 2.83. The minimum Gasteiger partial charge on any atom is -1.00 e. The smallest absolute Gasteiger partial charge is 0.266 e. The lowest BCUT2D eigenvalue weighted by molar-refractivity contribution is -0.0000137. The summed E-state index contributed by atoms with van der Waals surface area (Å²) in [5.74, 6) is 0.242. The van der Waals surface area contributed by atoms with E-state index in [1.807, 2.05) is 13.0 Å². The quantitative estimate of drug-likeness (QED) is 0.462. The summed E-state index contributed by atoms with van der Waals surface area (Å²) < 4.78 is 1.42. The van der Waals surface area contributed by atoms with Crippen LogP contribution in [0.25, 0.3) is 16.7 Å². The summed E-state index contributed by atoms with van der Waals surface area (Å²) in [6.45, 7) is 1.82. The van der Waals surface area contributed by atoms with Gasteiger partial charge < -0.3 is 23.5 Å². The molecule has 0 unspecified atom stereocenters. The van der Waals surface area contributed by atoms with Gasteiger partial charge in [0.1, 0.15) is 5.82 Å². The number of hydrogen-bond acceptors (Lipinski definition) is 5. The van der Waals surface area contributed by atoms with Gasteiger partial charge >= 0.3 is 0 Å². The number of benzene rings is 2. The lowest BCUT2D eigenvalue weighted by Gasteiger charge is -2.12. The number of carbonyl (C=O) groups is 1. The molecule has 8 heteroatoms. The van der Waals surface area contributed by atoms with Gasteiger partial charge in [0.2, 0.25) is 5.78 Å². The highest BCUT2D eigenvalue weighted by Gasteiger charge is 2.12. The summed E-state index contributed by atoms with van der Waals surface area (Å²) in [6.07, 6.45) is 1.68. The third-order valence-electron chi connectivity index (χ3n) is 4.14. The fraction of sp³-hybridized carbons (Fsp3) is 0.0526. The molecule has 7 nitrogen and oxygen atoms in total. The molecule has 0 bridgehead atoms. The van der Waals surface area contributed by atoms with Crippen LogP contribution in [-0.2, 0) is 0 Å². The van der Waals surface area contributed by atoms with E-state index in [9.17, 15) is 9.59 Å². The van der Waals surface area contributed by atoms with E-state index in [1.165, 1.54) is 4.40 Å². The number of primary amides is 1. The standard InChI is InChI=1S/C19H15N5O2.ClH/c1-11-10-24-18(26)13-7-3-5-9-15(13)22-19(24)23-17(11)21-14-8-4-2-6-12(14)16(20)25;/h2-10H,1H3,(H2,20,25)(H,21,22,23);1H/p-1. The molecule has 2 aromatic heterocycles. The van der Waals surface area contributed by atoms with Crippen LogP contribution in [0.3, 0.4) is 0 Å². The van der Waals surface area contributed by atoms with Crippen LogP contribution in [0.1, 0.15) is 15.9 Å². The van der Waals surface area contributed by atoms with Crippen LogP contribution in [0.2, 0.25) is 0 Å². The zero-order valence-corrected chi connectivity index (χ0v) is 15.1. The molecule has 0 aliphatic carbocycles. The van der Waals surface area contributed by atoms with Crippen molar-refractivity contribution < 1.29 is 17.2 Å². The number of aryl methyl sites for hydroxylation is 1. The first-order valence-electron chi connectivity index (χ1n) is 7.99. The normalized spacial score (nSPS) is 10.6. The van der Waals surface area contributed by atoms with Crippen molar-refractivity contribution >= 4 is 34.1 Å². The van der Waals surface area contributed by atoms with Gasteiger partial charge in [0, 0.05) is 11.8 Å². The number of halogens is 1. The van der Waals surface area contributed by atoms with Crippen molar-refractivity contribution in [2.24, 2.45) is 5.73 Å². The Morgan fingerprint density at radius 3 is 2.56 bits per heavy atom. The SMILES string of the molecule is Cc1cn2c(=O)c3ccccc3nc2nc1Nc1ccccc1C(N)=O.[Cl-]. The van der Waals surface area contributed by atoms with Gasteiger partial charge in [-0.1, -0.05) is 24.3 Å². The Morgan fingerprint density at radius 2 is 1.78 bits per heavy atom. The van der Waals surface area contributed by atoms with Crippen LogP contribution in [0.4, 0.5) is 11.5 Å². The highest BCUT2D eigenvalue weighted by Crippen LogP contribution is 2.22. The molecule has 2 heterocycles. The molecule has 0 radical (unpaired) electrons. The molecule has 27 heavy (non-hydrogen) atoms. The number of nitrogens with one attached hydrogen (secondary N) is 1. The minimum absolute atomic E-state index is 0. The van der Waals surface area contributed by atoms with Gasteiger partial charge in [0.25, 0.3) is 11.5 Å². The zero-order valence-electron chi connectivity index (χ0n) is 14.3. The molecule has 136 valence electrons. The summed E-state index contributed by atoms with van der Waals surface area (Å²) >= 11 is 0. The van der Waals surface area contributed by atoms with E-state index >= 15 is 0 Å². The first-order chi connectivity index (χ1) is 12.5. The molecule has 0 aliphatic heterocycles. The largest absolute Gasteiger partial charge is 1.00 e. The zero-order chi connectivity index (χ0) is 18.3. The van der Waals surface area contributed by atoms with E-state index < -0.39 is 5.91 Å². The number of aromatic nitrogens is 3. The van der Waals surface area contributed by atoms with Crippen molar-refractivity contribution in [2.45, 2.75) is 6.92 Å². The van der Waals surface area contributed by atoms with E-state index in [4.69, 9.17) is 5.73 Å². The third kappa shape index (κ3) is 3.20. The minimum atomic E-state index is -0.535. The van der Waals surface area contributed by atoms with E-state index in [2.05, 4.69) is 15.3 Å². The highest BCUT2D eigenvalue weighted by molar-refractivity contribution is 5.99. The van der Waals surface area contributed by atoms with Crippen molar-refractivity contribution in [3.63, 3.8) is 0 Å². The monoisotopic (exact) mass is 380 g/mol. The molecule has 2 aromatic carbocycles. The van der Waals surface area contributed by atoms with Gasteiger partial charge in [-0.05, 0) is 31.2 Å². The Balaban J connectivity index is 0.00000210. The Bertz CT molecular complexity index is 1240. The number of hydrogen-bond donors (Lipinski definition) is 2. The Kier molecular flexibility index (Phi) is 4.79. The summed E-state index contributed by atoms with van der Waals surface area (Å²) in [7, 11) is 0. The number of fused-ring (bicyclic) bond motifs is 2. The molecule has 0 spiro atoms. The van der Waals surface area contributed by atoms with E-state index in [0.717, 1.165) is 5.56 Å². The number of carbonyl (C=O) groups excluding carboxylic acids is 1. The predicted molar refractivity (Wildman–Crippen MR) is 99.7 cm³/mol. The van der Waals surface area contributed by atoms with E-state index in [1.54, 1.807) is 48.7 Å². The first-order valence-corrected chi connectivity index (χ1v) is 7.99. The molecular formula is C19H15ClN5O2-. The van der Waals surface area contributed by atoms with Crippen molar-refractivity contribution in [3.05, 3.63) is 76.2 Å². The van der Waals surface area contributed by atoms with Gasteiger partial charge in [-0.3, -0.25) is 14.0 Å². The van der Waals surface area contributed by atoms with Gasteiger partial charge in [0.15, 0.2) is 0 Å². The molecule has 0 aliphatic rings. The van der Waals surface area contributed by atoms with Crippen molar-refractivity contribution in [2.75, 3.05) is 5.32 Å². The van der Waals surface area contributed by atoms with Crippen molar-refractivity contribution in [1.82, 2.24) is 14.4 Å². The van der Waals surface area contributed by atoms with Gasteiger partial charge in [-0.15, -0.1) is 0 Å². The summed E-state index contributed by atoms with van der Waals surface area (Å²) in [6, 6.07) is 14.0. The van der Waals surface area contributed by atoms with Crippen molar-refractivity contribution in [1.29, 1.82) is 0 Å². The molecule has 4 aromatic rings. The Morgan fingerprint density at radius 1 is 1.07 bits per heavy atom. The van der Waals surface area contributed by atoms with Crippen LogP contribution in [-0.4, -0.2) is 20.3 Å². The number of rotatable bonds is 3. The lowest BCUT2D eigenvalue weighted by atomic mass is 10.1. The fourth-order valence-corrected chi connectivity index (χ4v) is 2.83. The van der Waals surface area contributed by atoms with Crippen LogP contribution in [0, 0.1) is 6.92 Å². The predicted octanol–water partition coefficient (Wildman–Crippen LogP) is -0.602. The molecule has 1 amide bonds. The highest BCUT2D eigenvalue weighted by atomic mass is 35.5. The molecule has 3 N–H and O–H groups in total. The Labute approximate surface area is 160 Å². The summed E-state index contributed by atoms with van der Waals surface area (Å²) in [5, 5.41) is 3.65. The Hall–Kier alpha value is -3.45. The van der Waals surface area contributed by atoms with Crippen LogP contribution in [0.5, 0.6) is 0 Å². The molecule has 4 rings (SSSR count). The number of nitrogens with two attached hydrogens (primary N) is 1. The molecule has 0 saturated heterocycles. The molecular weight excluding hydrogens is 366 g/mol. The van der Waals surface area contributed by atoms with Crippen LogP contribution >= 0.6 is 0 Å². The maximum atomic E-state index is 12.7. The lowest BCUT2D eigenvalue weighted by Crippen LogP contribution is -3.00. The second kappa shape index (κ2) is 7.05. The summed E-state index contributed by atoms with van der Waals surface area (Å²) in [5.41, 5.74) is 7.46. The number of nitrogens with zero attached hydrogens (tertiary/aromatic N) is 3. The van der Waals surface area contributed by atoms with Gasteiger partial charge in [-0.25, -0.2) is 4.98 Å². The van der Waals surface area contributed by atoms with Gasteiger partial charge in [-0.2, -0.15) is 4.98 Å². The molecule has 0 atom stereocenters.